The first-order chi connectivity index (χ1) is 13.6. The van der Waals surface area contributed by atoms with Gasteiger partial charge in [0.05, 0.1) is 10.3 Å². The van der Waals surface area contributed by atoms with E-state index in [1.807, 2.05) is 0 Å². The fourth-order valence-electron chi connectivity index (χ4n) is 3.62. The molecule has 0 saturated carbocycles. The van der Waals surface area contributed by atoms with Crippen LogP contribution in [0, 0.1) is 24.0 Å². The van der Waals surface area contributed by atoms with E-state index in [0.29, 0.717) is 24.0 Å². The highest BCUT2D eigenvalue weighted by Crippen LogP contribution is 2.33. The fraction of sp³-hybridized carbons (Fsp3) is 0.381. The Labute approximate surface area is 169 Å². The summed E-state index contributed by atoms with van der Waals surface area (Å²) in [6.45, 7) is 3.75. The summed E-state index contributed by atoms with van der Waals surface area (Å²) in [5.74, 6) is -1.30. The minimum Gasteiger partial charge on any atom is -0.352 e. The third-order valence-electron chi connectivity index (χ3n) is 5.32. The molecule has 1 saturated heterocycles. The highest BCUT2D eigenvalue weighted by molar-refractivity contribution is 7.89. The van der Waals surface area contributed by atoms with Crippen molar-refractivity contribution in [1.82, 2.24) is 9.62 Å². The average molecular weight is 422 g/mol. The number of aryl methyl sites for hydroxylation is 1. The van der Waals surface area contributed by atoms with Crippen LogP contribution in [-0.4, -0.2) is 31.7 Å². The van der Waals surface area contributed by atoms with Gasteiger partial charge in [-0.1, -0.05) is 18.2 Å². The Morgan fingerprint density at radius 3 is 2.62 bits per heavy atom. The number of carbonyl (C=O) groups is 1. The van der Waals surface area contributed by atoms with Crippen LogP contribution in [0.2, 0.25) is 0 Å². The number of hydrogen-bond donors (Lipinski definition) is 1. The molecular weight excluding hydrogens is 398 g/mol. The number of nitrogens with zero attached hydrogens (tertiary/aromatic N) is 1. The molecule has 1 fully saturated rings. The van der Waals surface area contributed by atoms with Crippen molar-refractivity contribution in [3.05, 3.63) is 65.2 Å². The quantitative estimate of drug-likeness (QED) is 0.803. The van der Waals surface area contributed by atoms with Crippen LogP contribution < -0.4 is 5.32 Å². The zero-order valence-corrected chi connectivity index (χ0v) is 17.2. The second kappa shape index (κ2) is 8.20. The monoisotopic (exact) mass is 422 g/mol. The summed E-state index contributed by atoms with van der Waals surface area (Å²) < 4.78 is 54.4. The van der Waals surface area contributed by atoms with E-state index >= 15 is 0 Å². The molecule has 2 aromatic rings. The van der Waals surface area contributed by atoms with E-state index in [-0.39, 0.29) is 36.3 Å². The lowest BCUT2D eigenvalue weighted by Gasteiger charge is -2.38. The minimum atomic E-state index is -3.93. The molecule has 0 aromatic heterocycles. The lowest BCUT2D eigenvalue weighted by atomic mass is 9.82. The molecule has 0 radical (unpaired) electrons. The van der Waals surface area contributed by atoms with Gasteiger partial charge in [0, 0.05) is 19.6 Å². The molecule has 1 atom stereocenters. The van der Waals surface area contributed by atoms with E-state index in [1.165, 1.54) is 28.6 Å². The van der Waals surface area contributed by atoms with Gasteiger partial charge in [0.15, 0.2) is 0 Å². The van der Waals surface area contributed by atoms with Crippen LogP contribution in [0.15, 0.2) is 47.4 Å². The number of nitrogens with one attached hydrogen (secondary N) is 1. The van der Waals surface area contributed by atoms with Crippen molar-refractivity contribution in [2.45, 2.75) is 38.1 Å². The fourth-order valence-corrected chi connectivity index (χ4v) is 5.46. The summed E-state index contributed by atoms with van der Waals surface area (Å²) in [6, 6.07) is 9.59. The lowest BCUT2D eigenvalue weighted by Crippen LogP contribution is -2.51. The number of amides is 1. The first kappa shape index (κ1) is 21.4. The first-order valence-electron chi connectivity index (χ1n) is 9.41. The Balaban J connectivity index is 1.76. The Bertz CT molecular complexity index is 1030. The highest BCUT2D eigenvalue weighted by Gasteiger charge is 2.42. The van der Waals surface area contributed by atoms with Crippen molar-refractivity contribution in [3.8, 4) is 0 Å². The van der Waals surface area contributed by atoms with Crippen LogP contribution in [-0.2, 0) is 21.4 Å². The molecule has 3 rings (SSSR count). The number of sulfonamides is 1. The van der Waals surface area contributed by atoms with Crippen LogP contribution in [0.4, 0.5) is 8.78 Å². The Kier molecular flexibility index (Phi) is 6.05. The van der Waals surface area contributed by atoms with Gasteiger partial charge >= 0.3 is 0 Å². The van der Waals surface area contributed by atoms with Crippen LogP contribution in [0.3, 0.4) is 0 Å². The van der Waals surface area contributed by atoms with Gasteiger partial charge in [0.1, 0.15) is 11.6 Å². The average Bonchev–Trinajstić information content (AvgIpc) is 2.68. The molecule has 1 aliphatic rings. The van der Waals surface area contributed by atoms with Crippen LogP contribution in [0.25, 0.3) is 0 Å². The topological polar surface area (TPSA) is 66.5 Å². The van der Waals surface area contributed by atoms with Crippen molar-refractivity contribution < 1.29 is 22.0 Å². The molecule has 0 bridgehead atoms. The number of carbonyl (C=O) groups excluding carboxylic acids is 1. The smallest absolute Gasteiger partial charge is 0.243 e. The third kappa shape index (κ3) is 4.64. The summed E-state index contributed by atoms with van der Waals surface area (Å²) in [7, 11) is -3.93. The van der Waals surface area contributed by atoms with Crippen molar-refractivity contribution >= 4 is 15.9 Å². The maximum Gasteiger partial charge on any atom is 0.243 e. The molecule has 1 heterocycles. The second-order valence-electron chi connectivity index (χ2n) is 7.73. The van der Waals surface area contributed by atoms with E-state index in [1.54, 1.807) is 26.0 Å². The summed E-state index contributed by atoms with van der Waals surface area (Å²) in [5.41, 5.74) is 0.145. The van der Waals surface area contributed by atoms with Gasteiger partial charge in [-0.25, -0.2) is 17.2 Å². The summed E-state index contributed by atoms with van der Waals surface area (Å²) >= 11 is 0. The normalized spacial score (nSPS) is 20.4. The molecule has 2 aromatic carbocycles. The maximum atomic E-state index is 13.6. The number of piperidine rings is 1. The lowest BCUT2D eigenvalue weighted by molar-refractivity contribution is -0.132. The van der Waals surface area contributed by atoms with E-state index in [2.05, 4.69) is 5.32 Å². The second-order valence-corrected chi connectivity index (χ2v) is 9.63. The van der Waals surface area contributed by atoms with E-state index in [4.69, 9.17) is 0 Å². The molecule has 1 amide bonds. The van der Waals surface area contributed by atoms with Crippen LogP contribution >= 0.6 is 0 Å². The standard InChI is InChI=1S/C21H24F2N2O3S/c1-15-7-8-18(23)12-19(15)29(27,28)25-10-4-9-21(2,14-25)20(26)24-13-16-5-3-6-17(22)11-16/h3,5-8,11-12H,4,9-10,13-14H2,1-2H3,(H,24,26). The van der Waals surface area contributed by atoms with E-state index in [0.717, 1.165) is 6.07 Å². The molecule has 8 heteroatoms. The van der Waals surface area contributed by atoms with Gasteiger partial charge in [0.25, 0.3) is 0 Å². The number of benzene rings is 2. The van der Waals surface area contributed by atoms with Crippen molar-refractivity contribution in [1.29, 1.82) is 0 Å². The van der Waals surface area contributed by atoms with Gasteiger partial charge in [-0.05, 0) is 62.1 Å². The van der Waals surface area contributed by atoms with Gasteiger partial charge in [-0.3, -0.25) is 4.79 Å². The zero-order chi connectivity index (χ0) is 21.2. The Morgan fingerprint density at radius 1 is 1.17 bits per heavy atom. The molecular formula is C21H24F2N2O3S. The molecule has 0 aliphatic carbocycles. The molecule has 0 spiro atoms. The molecule has 1 N–H and O–H groups in total. The summed E-state index contributed by atoms with van der Waals surface area (Å²) in [6.07, 6.45) is 1.04. The Hall–Kier alpha value is -2.32. The predicted molar refractivity (Wildman–Crippen MR) is 105 cm³/mol. The number of rotatable bonds is 5. The highest BCUT2D eigenvalue weighted by atomic mass is 32.2. The maximum absolute atomic E-state index is 13.6. The van der Waals surface area contributed by atoms with Crippen LogP contribution in [0.5, 0.6) is 0 Å². The molecule has 1 aliphatic heterocycles. The Morgan fingerprint density at radius 2 is 1.90 bits per heavy atom. The van der Waals surface area contributed by atoms with Gasteiger partial charge in [-0.2, -0.15) is 4.31 Å². The SMILES string of the molecule is Cc1ccc(F)cc1S(=O)(=O)N1CCCC(C)(C(=O)NCc2cccc(F)c2)C1. The molecule has 5 nitrogen and oxygen atoms in total. The van der Waals surface area contributed by atoms with Crippen molar-refractivity contribution in [3.63, 3.8) is 0 Å². The van der Waals surface area contributed by atoms with Gasteiger partial charge < -0.3 is 5.32 Å². The van der Waals surface area contributed by atoms with Gasteiger partial charge in [-0.15, -0.1) is 0 Å². The van der Waals surface area contributed by atoms with E-state index < -0.39 is 21.3 Å². The van der Waals surface area contributed by atoms with Gasteiger partial charge in [0.2, 0.25) is 15.9 Å². The van der Waals surface area contributed by atoms with Crippen molar-refractivity contribution in [2.24, 2.45) is 5.41 Å². The third-order valence-corrected chi connectivity index (χ3v) is 7.31. The number of hydrogen-bond acceptors (Lipinski definition) is 3. The summed E-state index contributed by atoms with van der Waals surface area (Å²) in [5, 5.41) is 2.78. The zero-order valence-electron chi connectivity index (χ0n) is 16.4. The summed E-state index contributed by atoms with van der Waals surface area (Å²) in [4.78, 5) is 12.7. The molecule has 29 heavy (non-hydrogen) atoms. The van der Waals surface area contributed by atoms with Crippen LogP contribution in [0.1, 0.15) is 30.9 Å². The van der Waals surface area contributed by atoms with Crippen molar-refractivity contribution in [2.75, 3.05) is 13.1 Å². The first-order valence-corrected chi connectivity index (χ1v) is 10.8. The number of halogens is 2. The molecule has 156 valence electrons. The largest absolute Gasteiger partial charge is 0.352 e. The molecule has 1 unspecified atom stereocenters. The van der Waals surface area contributed by atoms with E-state index in [9.17, 15) is 22.0 Å². The minimum absolute atomic E-state index is 0.000269. The predicted octanol–water partition coefficient (Wildman–Crippen LogP) is 3.38.